The van der Waals surface area contributed by atoms with Gasteiger partial charge in [-0.15, -0.1) is 11.3 Å². The van der Waals surface area contributed by atoms with Crippen molar-refractivity contribution in [3.8, 4) is 11.1 Å². The molecular formula is C15H10BrNO2S. The molecule has 0 saturated carbocycles. The molecule has 0 bridgehead atoms. The third kappa shape index (κ3) is 2.23. The molecule has 0 N–H and O–H groups in total. The number of pyridine rings is 1. The summed E-state index contributed by atoms with van der Waals surface area (Å²) in [5, 5.41) is 0. The molecule has 3 nitrogen and oxygen atoms in total. The molecule has 0 fully saturated rings. The van der Waals surface area contributed by atoms with Gasteiger partial charge in [0.15, 0.2) is 0 Å². The Morgan fingerprint density at radius 2 is 2.00 bits per heavy atom. The molecule has 3 aromatic rings. The number of methoxy groups -OCH3 is 1. The SMILES string of the molecule is COC(=O)c1sc2cc(-c3ccccc3)cnc2c1Br. The van der Waals surface area contributed by atoms with Crippen molar-refractivity contribution in [1.82, 2.24) is 4.98 Å². The van der Waals surface area contributed by atoms with Gasteiger partial charge < -0.3 is 4.74 Å². The standard InChI is InChI=1S/C15H10BrNO2S/c1-19-15(18)14-12(16)13-11(20-14)7-10(8-17-13)9-5-3-2-4-6-9/h2-8H,1H3. The number of ether oxygens (including phenoxy) is 1. The first-order valence-corrected chi connectivity index (χ1v) is 7.53. The predicted octanol–water partition coefficient (Wildman–Crippen LogP) is 4.51. The number of hydrogen-bond acceptors (Lipinski definition) is 4. The Balaban J connectivity index is 2.15. The average Bonchev–Trinajstić information content (AvgIpc) is 2.84. The van der Waals surface area contributed by atoms with Crippen LogP contribution in [0.15, 0.2) is 47.1 Å². The zero-order chi connectivity index (χ0) is 14.1. The highest BCUT2D eigenvalue weighted by atomic mass is 79.9. The van der Waals surface area contributed by atoms with E-state index in [1.165, 1.54) is 18.4 Å². The number of benzene rings is 1. The number of nitrogens with zero attached hydrogens (tertiary/aromatic N) is 1. The summed E-state index contributed by atoms with van der Waals surface area (Å²) >= 11 is 4.80. The Hall–Kier alpha value is -1.72. The Kier molecular flexibility index (Phi) is 3.54. The lowest BCUT2D eigenvalue weighted by molar-refractivity contribution is 0.0605. The van der Waals surface area contributed by atoms with Crippen LogP contribution in [-0.2, 0) is 4.74 Å². The Morgan fingerprint density at radius 1 is 1.25 bits per heavy atom. The number of carbonyl (C=O) groups excluding carboxylic acids is 1. The second-order valence-corrected chi connectivity index (χ2v) is 6.02. The number of fused-ring (bicyclic) bond motifs is 1. The average molecular weight is 348 g/mol. The third-order valence-electron chi connectivity index (χ3n) is 2.95. The molecule has 0 radical (unpaired) electrons. The maximum absolute atomic E-state index is 11.7. The molecule has 0 aliphatic rings. The number of aromatic nitrogens is 1. The number of thiophene rings is 1. The van der Waals surface area contributed by atoms with Crippen LogP contribution in [0, 0.1) is 0 Å². The van der Waals surface area contributed by atoms with E-state index in [1.54, 1.807) is 0 Å². The van der Waals surface area contributed by atoms with Crippen molar-refractivity contribution in [1.29, 1.82) is 0 Å². The quantitative estimate of drug-likeness (QED) is 0.640. The van der Waals surface area contributed by atoms with Crippen LogP contribution in [0.3, 0.4) is 0 Å². The van der Waals surface area contributed by atoms with Gasteiger partial charge in [-0.3, -0.25) is 4.98 Å². The second-order valence-electron chi connectivity index (χ2n) is 4.17. The van der Waals surface area contributed by atoms with Gasteiger partial charge in [-0.1, -0.05) is 30.3 Å². The summed E-state index contributed by atoms with van der Waals surface area (Å²) in [6.45, 7) is 0. The van der Waals surface area contributed by atoms with Crippen LogP contribution in [0.1, 0.15) is 9.67 Å². The summed E-state index contributed by atoms with van der Waals surface area (Å²) in [5.74, 6) is -0.346. The second kappa shape index (κ2) is 5.34. The van der Waals surface area contributed by atoms with E-state index >= 15 is 0 Å². The Labute approximate surface area is 128 Å². The summed E-state index contributed by atoms with van der Waals surface area (Å²) in [4.78, 5) is 16.7. The van der Waals surface area contributed by atoms with Crippen LogP contribution in [-0.4, -0.2) is 18.1 Å². The van der Waals surface area contributed by atoms with E-state index in [-0.39, 0.29) is 5.97 Å². The monoisotopic (exact) mass is 347 g/mol. The van der Waals surface area contributed by atoms with E-state index in [2.05, 4.69) is 20.9 Å². The van der Waals surface area contributed by atoms with E-state index in [4.69, 9.17) is 4.74 Å². The van der Waals surface area contributed by atoms with Crippen molar-refractivity contribution in [3.05, 3.63) is 51.9 Å². The van der Waals surface area contributed by atoms with Crippen LogP contribution in [0.2, 0.25) is 0 Å². The highest BCUT2D eigenvalue weighted by Gasteiger charge is 2.18. The van der Waals surface area contributed by atoms with Gasteiger partial charge >= 0.3 is 5.97 Å². The molecule has 2 aromatic heterocycles. The first-order valence-electron chi connectivity index (χ1n) is 5.92. The summed E-state index contributed by atoms with van der Waals surface area (Å²) < 4.78 is 6.43. The van der Waals surface area contributed by atoms with Gasteiger partial charge in [-0.2, -0.15) is 0 Å². The summed E-state index contributed by atoms with van der Waals surface area (Å²) in [6.07, 6.45) is 1.82. The van der Waals surface area contributed by atoms with Crippen molar-refractivity contribution >= 4 is 43.5 Å². The zero-order valence-electron chi connectivity index (χ0n) is 10.6. The fraction of sp³-hybridized carbons (Fsp3) is 0.0667. The van der Waals surface area contributed by atoms with E-state index in [9.17, 15) is 4.79 Å². The molecule has 2 heterocycles. The topological polar surface area (TPSA) is 39.2 Å². The molecule has 0 unspecified atom stereocenters. The number of rotatable bonds is 2. The lowest BCUT2D eigenvalue weighted by Crippen LogP contribution is -1.98. The fourth-order valence-electron chi connectivity index (χ4n) is 1.96. The van der Waals surface area contributed by atoms with Crippen molar-refractivity contribution in [2.45, 2.75) is 0 Å². The van der Waals surface area contributed by atoms with Gasteiger partial charge in [0.25, 0.3) is 0 Å². The molecule has 5 heteroatoms. The van der Waals surface area contributed by atoms with Gasteiger partial charge in [0.2, 0.25) is 0 Å². The molecule has 0 aliphatic heterocycles. The maximum Gasteiger partial charge on any atom is 0.349 e. The van der Waals surface area contributed by atoms with E-state index in [0.29, 0.717) is 9.35 Å². The van der Waals surface area contributed by atoms with E-state index in [0.717, 1.165) is 21.3 Å². The predicted molar refractivity (Wildman–Crippen MR) is 84.1 cm³/mol. The minimum atomic E-state index is -0.346. The lowest BCUT2D eigenvalue weighted by Gasteiger charge is -2.00. The first kappa shape index (κ1) is 13.3. The fourth-order valence-corrected chi connectivity index (χ4v) is 3.82. The Bertz CT molecular complexity index is 783. The Morgan fingerprint density at radius 3 is 2.70 bits per heavy atom. The summed E-state index contributed by atoms with van der Waals surface area (Å²) in [6, 6.07) is 12.1. The molecule has 0 saturated heterocycles. The molecule has 1 aromatic carbocycles. The van der Waals surface area contributed by atoms with Crippen molar-refractivity contribution < 1.29 is 9.53 Å². The number of halogens is 1. The van der Waals surface area contributed by atoms with Gasteiger partial charge in [-0.25, -0.2) is 4.79 Å². The minimum absolute atomic E-state index is 0.346. The molecule has 0 atom stereocenters. The molecule has 0 amide bonds. The summed E-state index contributed by atoms with van der Waals surface area (Å²) in [5.41, 5.74) is 2.92. The van der Waals surface area contributed by atoms with Crippen LogP contribution in [0.25, 0.3) is 21.3 Å². The summed E-state index contributed by atoms with van der Waals surface area (Å²) in [7, 11) is 1.38. The lowest BCUT2D eigenvalue weighted by atomic mass is 10.1. The van der Waals surface area contributed by atoms with Crippen LogP contribution >= 0.6 is 27.3 Å². The molecule has 20 heavy (non-hydrogen) atoms. The largest absolute Gasteiger partial charge is 0.465 e. The van der Waals surface area contributed by atoms with Gasteiger partial charge in [0.05, 0.1) is 21.8 Å². The first-order chi connectivity index (χ1) is 9.70. The van der Waals surface area contributed by atoms with E-state index in [1.807, 2.05) is 42.6 Å². The molecular weight excluding hydrogens is 338 g/mol. The molecule has 0 aliphatic carbocycles. The van der Waals surface area contributed by atoms with Crippen molar-refractivity contribution in [2.24, 2.45) is 0 Å². The van der Waals surface area contributed by atoms with Crippen LogP contribution < -0.4 is 0 Å². The number of hydrogen-bond donors (Lipinski definition) is 0. The smallest absolute Gasteiger partial charge is 0.349 e. The molecule has 3 rings (SSSR count). The van der Waals surface area contributed by atoms with Gasteiger partial charge in [-0.05, 0) is 27.6 Å². The maximum atomic E-state index is 11.7. The van der Waals surface area contributed by atoms with Gasteiger partial charge in [0.1, 0.15) is 4.88 Å². The molecule has 0 spiro atoms. The van der Waals surface area contributed by atoms with Crippen LogP contribution in [0.5, 0.6) is 0 Å². The highest BCUT2D eigenvalue weighted by Crippen LogP contribution is 2.36. The van der Waals surface area contributed by atoms with E-state index < -0.39 is 0 Å². The number of esters is 1. The normalized spacial score (nSPS) is 10.7. The highest BCUT2D eigenvalue weighted by molar-refractivity contribution is 9.10. The van der Waals surface area contributed by atoms with Crippen molar-refractivity contribution in [2.75, 3.05) is 7.11 Å². The molecule has 100 valence electrons. The number of carbonyl (C=O) groups is 1. The van der Waals surface area contributed by atoms with Gasteiger partial charge in [0, 0.05) is 11.8 Å². The third-order valence-corrected chi connectivity index (χ3v) is 5.09. The zero-order valence-corrected chi connectivity index (χ0v) is 13.0. The minimum Gasteiger partial charge on any atom is -0.465 e. The van der Waals surface area contributed by atoms with Crippen molar-refractivity contribution in [3.63, 3.8) is 0 Å². The van der Waals surface area contributed by atoms with Crippen LogP contribution in [0.4, 0.5) is 0 Å².